The van der Waals surface area contributed by atoms with Gasteiger partial charge in [0.15, 0.2) is 0 Å². The maximum atomic E-state index is 4.99. The van der Waals surface area contributed by atoms with E-state index in [1.165, 1.54) is 12.7 Å². The first-order chi connectivity index (χ1) is 8.31. The lowest BCUT2D eigenvalue weighted by molar-refractivity contribution is 0.379. The zero-order valence-electron chi connectivity index (χ0n) is 9.60. The minimum atomic E-state index is 0.289. The SMILES string of the molecule is CNc1nc(NCc2ccsc2)nc(OC)n1. The van der Waals surface area contributed by atoms with Crippen molar-refractivity contribution in [3.63, 3.8) is 0 Å². The van der Waals surface area contributed by atoms with Gasteiger partial charge in [0.2, 0.25) is 11.9 Å². The summed E-state index contributed by atoms with van der Waals surface area (Å²) >= 11 is 1.66. The maximum absolute atomic E-state index is 4.99. The predicted molar refractivity (Wildman–Crippen MR) is 67.6 cm³/mol. The highest BCUT2D eigenvalue weighted by Gasteiger charge is 2.05. The second kappa shape index (κ2) is 5.44. The number of nitrogens with one attached hydrogen (secondary N) is 2. The van der Waals surface area contributed by atoms with Crippen molar-refractivity contribution in [2.75, 3.05) is 24.8 Å². The first kappa shape index (κ1) is 11.6. The Morgan fingerprint density at radius 3 is 2.76 bits per heavy atom. The molecular weight excluding hydrogens is 238 g/mol. The van der Waals surface area contributed by atoms with Crippen LogP contribution in [0.2, 0.25) is 0 Å². The van der Waals surface area contributed by atoms with Gasteiger partial charge in [-0.05, 0) is 22.4 Å². The highest BCUT2D eigenvalue weighted by Crippen LogP contribution is 2.12. The van der Waals surface area contributed by atoms with Gasteiger partial charge in [-0.2, -0.15) is 26.3 Å². The predicted octanol–water partition coefficient (Wildman–Crippen LogP) is 1.60. The summed E-state index contributed by atoms with van der Waals surface area (Å²) in [4.78, 5) is 12.3. The lowest BCUT2D eigenvalue weighted by Gasteiger charge is -2.06. The fraction of sp³-hybridized carbons (Fsp3) is 0.300. The standard InChI is InChI=1S/C10H13N5OS/c1-11-8-13-9(15-10(14-8)16-2)12-5-7-3-4-17-6-7/h3-4,6H,5H2,1-2H3,(H2,11,12,13,14,15). The van der Waals surface area contributed by atoms with Crippen LogP contribution < -0.4 is 15.4 Å². The van der Waals surface area contributed by atoms with Gasteiger partial charge in [0.05, 0.1) is 7.11 Å². The Bertz CT molecular complexity index is 451. The van der Waals surface area contributed by atoms with Crippen molar-refractivity contribution < 1.29 is 4.74 Å². The van der Waals surface area contributed by atoms with E-state index >= 15 is 0 Å². The highest BCUT2D eigenvalue weighted by atomic mass is 32.1. The largest absolute Gasteiger partial charge is 0.467 e. The molecule has 17 heavy (non-hydrogen) atoms. The first-order valence-electron chi connectivity index (χ1n) is 5.04. The van der Waals surface area contributed by atoms with Gasteiger partial charge in [-0.25, -0.2) is 0 Å². The van der Waals surface area contributed by atoms with Gasteiger partial charge in [0, 0.05) is 13.6 Å². The van der Waals surface area contributed by atoms with Crippen molar-refractivity contribution in [2.45, 2.75) is 6.54 Å². The van der Waals surface area contributed by atoms with E-state index in [-0.39, 0.29) is 6.01 Å². The molecule has 2 N–H and O–H groups in total. The zero-order chi connectivity index (χ0) is 12.1. The average molecular weight is 251 g/mol. The summed E-state index contributed by atoms with van der Waals surface area (Å²) in [6, 6.07) is 2.34. The Hall–Kier alpha value is -1.89. The molecule has 6 nitrogen and oxygen atoms in total. The van der Waals surface area contributed by atoms with E-state index in [4.69, 9.17) is 4.74 Å². The maximum Gasteiger partial charge on any atom is 0.322 e. The average Bonchev–Trinajstić information content (AvgIpc) is 2.89. The molecule has 0 radical (unpaired) electrons. The van der Waals surface area contributed by atoms with E-state index in [1.807, 2.05) is 5.38 Å². The summed E-state index contributed by atoms with van der Waals surface area (Å²) < 4.78 is 4.99. The molecule has 0 saturated heterocycles. The van der Waals surface area contributed by atoms with Gasteiger partial charge in [-0.3, -0.25) is 0 Å². The summed E-state index contributed by atoms with van der Waals surface area (Å²) in [5.41, 5.74) is 1.19. The van der Waals surface area contributed by atoms with Gasteiger partial charge < -0.3 is 15.4 Å². The number of thiophene rings is 1. The lowest BCUT2D eigenvalue weighted by atomic mass is 10.3. The monoisotopic (exact) mass is 251 g/mol. The molecule has 0 fully saturated rings. The van der Waals surface area contributed by atoms with Crippen LogP contribution in [0.3, 0.4) is 0 Å². The summed E-state index contributed by atoms with van der Waals surface area (Å²) in [6.45, 7) is 0.680. The molecule has 2 heterocycles. The van der Waals surface area contributed by atoms with Crippen LogP contribution in [0.25, 0.3) is 0 Å². The molecule has 0 spiro atoms. The lowest BCUT2D eigenvalue weighted by Crippen LogP contribution is -2.08. The smallest absolute Gasteiger partial charge is 0.322 e. The number of hydrogen-bond donors (Lipinski definition) is 2. The van der Waals surface area contributed by atoms with E-state index in [2.05, 4.69) is 37.0 Å². The fourth-order valence-electron chi connectivity index (χ4n) is 1.21. The quantitative estimate of drug-likeness (QED) is 0.841. The summed E-state index contributed by atoms with van der Waals surface area (Å²) in [7, 11) is 3.27. The Morgan fingerprint density at radius 1 is 1.29 bits per heavy atom. The van der Waals surface area contributed by atoms with Gasteiger partial charge >= 0.3 is 6.01 Å². The molecule has 0 aliphatic carbocycles. The van der Waals surface area contributed by atoms with Crippen LogP contribution in [0.1, 0.15) is 5.56 Å². The number of rotatable bonds is 5. The zero-order valence-corrected chi connectivity index (χ0v) is 10.4. The third-order valence-electron chi connectivity index (χ3n) is 2.05. The van der Waals surface area contributed by atoms with Crippen LogP contribution in [0.15, 0.2) is 16.8 Å². The van der Waals surface area contributed by atoms with Crippen molar-refractivity contribution in [3.8, 4) is 6.01 Å². The molecule has 0 atom stereocenters. The third kappa shape index (κ3) is 3.04. The van der Waals surface area contributed by atoms with Crippen LogP contribution in [0.4, 0.5) is 11.9 Å². The molecule has 0 saturated carbocycles. The van der Waals surface area contributed by atoms with E-state index in [9.17, 15) is 0 Å². The fourth-order valence-corrected chi connectivity index (χ4v) is 1.88. The molecule has 0 aliphatic heterocycles. The Labute approximate surface area is 103 Å². The number of anilines is 2. The molecule has 90 valence electrons. The molecule has 0 amide bonds. The molecule has 0 aromatic carbocycles. The van der Waals surface area contributed by atoms with Crippen molar-refractivity contribution in [1.29, 1.82) is 0 Å². The van der Waals surface area contributed by atoms with Crippen LogP contribution in [-0.4, -0.2) is 29.1 Å². The minimum Gasteiger partial charge on any atom is -0.467 e. The molecule has 0 bridgehead atoms. The molecule has 2 rings (SSSR count). The van der Waals surface area contributed by atoms with E-state index in [0.29, 0.717) is 18.4 Å². The van der Waals surface area contributed by atoms with Crippen LogP contribution >= 0.6 is 11.3 Å². The molecule has 2 aromatic rings. The van der Waals surface area contributed by atoms with Crippen LogP contribution in [0, 0.1) is 0 Å². The van der Waals surface area contributed by atoms with Gasteiger partial charge in [-0.1, -0.05) is 0 Å². The molecule has 0 aliphatic rings. The summed E-state index contributed by atoms with van der Waals surface area (Å²) in [5, 5.41) is 10.1. The Balaban J connectivity index is 2.09. The molecule has 7 heteroatoms. The van der Waals surface area contributed by atoms with Crippen molar-refractivity contribution in [1.82, 2.24) is 15.0 Å². The van der Waals surface area contributed by atoms with Crippen molar-refractivity contribution >= 4 is 23.2 Å². The summed E-state index contributed by atoms with van der Waals surface area (Å²) in [5.74, 6) is 0.970. The molecular formula is C10H13N5OS. The normalized spacial score (nSPS) is 10.0. The summed E-state index contributed by atoms with van der Waals surface area (Å²) in [6.07, 6.45) is 0. The number of hydrogen-bond acceptors (Lipinski definition) is 7. The van der Waals surface area contributed by atoms with E-state index in [1.54, 1.807) is 18.4 Å². The van der Waals surface area contributed by atoms with Gasteiger partial charge in [0.1, 0.15) is 0 Å². The second-order valence-corrected chi connectivity index (χ2v) is 3.98. The number of nitrogens with zero attached hydrogens (tertiary/aromatic N) is 3. The van der Waals surface area contributed by atoms with Crippen LogP contribution in [-0.2, 0) is 6.54 Å². The molecule has 0 unspecified atom stereocenters. The van der Waals surface area contributed by atoms with Crippen LogP contribution in [0.5, 0.6) is 6.01 Å². The van der Waals surface area contributed by atoms with Crippen molar-refractivity contribution in [3.05, 3.63) is 22.4 Å². The third-order valence-corrected chi connectivity index (χ3v) is 2.78. The number of aromatic nitrogens is 3. The van der Waals surface area contributed by atoms with E-state index in [0.717, 1.165) is 0 Å². The topological polar surface area (TPSA) is 72.0 Å². The second-order valence-electron chi connectivity index (χ2n) is 3.20. The van der Waals surface area contributed by atoms with Gasteiger partial charge in [-0.15, -0.1) is 0 Å². The number of ether oxygens (including phenoxy) is 1. The Kier molecular flexibility index (Phi) is 3.71. The number of methoxy groups -OCH3 is 1. The van der Waals surface area contributed by atoms with Crippen molar-refractivity contribution in [2.24, 2.45) is 0 Å². The minimum absolute atomic E-state index is 0.289. The first-order valence-corrected chi connectivity index (χ1v) is 5.99. The highest BCUT2D eigenvalue weighted by molar-refractivity contribution is 7.07. The molecule has 2 aromatic heterocycles. The Morgan fingerprint density at radius 2 is 2.12 bits per heavy atom. The van der Waals surface area contributed by atoms with Gasteiger partial charge in [0.25, 0.3) is 0 Å². The van der Waals surface area contributed by atoms with E-state index < -0.39 is 0 Å².